The molecule has 0 saturated heterocycles. The fourth-order valence-electron chi connectivity index (χ4n) is 4.15. The van der Waals surface area contributed by atoms with Crippen molar-refractivity contribution in [2.24, 2.45) is 0 Å². The summed E-state index contributed by atoms with van der Waals surface area (Å²) in [6, 6.07) is 17.3. The van der Waals surface area contributed by atoms with Gasteiger partial charge in [0.2, 0.25) is 11.8 Å². The fourth-order valence-corrected chi connectivity index (χ4v) is 5.70. The van der Waals surface area contributed by atoms with Gasteiger partial charge in [-0.15, -0.1) is 0 Å². The second kappa shape index (κ2) is 13.8. The highest BCUT2D eigenvalue weighted by Gasteiger charge is 2.34. The number of nitrogens with zero attached hydrogens (tertiary/aromatic N) is 2. The predicted octanol–water partition coefficient (Wildman–Crippen LogP) is 5.70. The summed E-state index contributed by atoms with van der Waals surface area (Å²) in [6.45, 7) is 6.71. The Bertz CT molecular complexity index is 1420. The van der Waals surface area contributed by atoms with Crippen LogP contribution in [0.1, 0.15) is 44.7 Å². The molecule has 0 aliphatic carbocycles. The monoisotopic (exact) mass is 587 g/mol. The van der Waals surface area contributed by atoms with Crippen LogP contribution in [0.3, 0.4) is 0 Å². The summed E-state index contributed by atoms with van der Waals surface area (Å²) in [6.07, 6.45) is 0.981. The van der Waals surface area contributed by atoms with Gasteiger partial charge in [0, 0.05) is 17.6 Å². The SMILES string of the molecule is CC[C@@H](C)NC(=O)[C@H](CC)N(Cc1ccc(Cl)cc1)C(=O)CN(c1ccccc1F)S(=O)(=O)c1ccc(C)cc1. The van der Waals surface area contributed by atoms with E-state index >= 15 is 4.39 Å². The van der Waals surface area contributed by atoms with E-state index in [0.717, 1.165) is 15.9 Å². The lowest BCUT2D eigenvalue weighted by Crippen LogP contribution is -2.53. The molecule has 0 aliphatic rings. The van der Waals surface area contributed by atoms with Gasteiger partial charge in [-0.3, -0.25) is 13.9 Å². The van der Waals surface area contributed by atoms with E-state index in [1.165, 1.54) is 35.2 Å². The molecule has 0 aromatic heterocycles. The van der Waals surface area contributed by atoms with Crippen molar-refractivity contribution in [1.29, 1.82) is 0 Å². The van der Waals surface area contributed by atoms with Crippen molar-refractivity contribution in [2.45, 2.75) is 64.1 Å². The van der Waals surface area contributed by atoms with Crippen LogP contribution in [0, 0.1) is 12.7 Å². The number of amides is 2. The first kappa shape index (κ1) is 31.1. The van der Waals surface area contributed by atoms with Gasteiger partial charge < -0.3 is 10.2 Å². The molecular formula is C30H35ClFN3O4S. The molecule has 0 heterocycles. The number of carbonyl (C=O) groups excluding carboxylic acids is 2. The number of rotatable bonds is 12. The van der Waals surface area contributed by atoms with E-state index in [-0.39, 0.29) is 35.5 Å². The molecule has 214 valence electrons. The van der Waals surface area contributed by atoms with Crippen molar-refractivity contribution in [3.8, 4) is 0 Å². The Labute approximate surface area is 241 Å². The van der Waals surface area contributed by atoms with E-state index in [1.54, 1.807) is 43.3 Å². The van der Waals surface area contributed by atoms with Gasteiger partial charge in [-0.25, -0.2) is 12.8 Å². The highest BCUT2D eigenvalue weighted by atomic mass is 35.5. The highest BCUT2D eigenvalue weighted by Crippen LogP contribution is 2.27. The summed E-state index contributed by atoms with van der Waals surface area (Å²) in [7, 11) is -4.35. The Morgan fingerprint density at radius 3 is 2.15 bits per heavy atom. The molecule has 0 saturated carbocycles. The van der Waals surface area contributed by atoms with E-state index in [2.05, 4.69) is 5.32 Å². The maximum absolute atomic E-state index is 15.0. The first-order valence-electron chi connectivity index (χ1n) is 13.2. The summed E-state index contributed by atoms with van der Waals surface area (Å²) in [5, 5.41) is 3.43. The molecule has 1 N–H and O–H groups in total. The zero-order valence-electron chi connectivity index (χ0n) is 23.1. The van der Waals surface area contributed by atoms with E-state index in [1.807, 2.05) is 20.8 Å². The largest absolute Gasteiger partial charge is 0.352 e. The van der Waals surface area contributed by atoms with Crippen molar-refractivity contribution in [3.63, 3.8) is 0 Å². The van der Waals surface area contributed by atoms with Crippen molar-refractivity contribution in [1.82, 2.24) is 10.2 Å². The molecule has 0 bridgehead atoms. The molecule has 3 aromatic rings. The van der Waals surface area contributed by atoms with Gasteiger partial charge in [0.25, 0.3) is 10.0 Å². The standard InChI is InChI=1S/C30H35ClFN3O4S/c1-5-22(4)33-30(37)27(6-2)34(19-23-13-15-24(31)16-14-23)29(36)20-35(28-10-8-7-9-26(28)32)40(38,39)25-17-11-21(3)12-18-25/h7-18,22,27H,5-6,19-20H2,1-4H3,(H,33,37)/t22-,27+/m1/s1. The number of anilines is 1. The molecule has 0 unspecified atom stereocenters. The molecule has 0 spiro atoms. The number of hydrogen-bond acceptors (Lipinski definition) is 4. The van der Waals surface area contributed by atoms with Crippen molar-refractivity contribution >= 4 is 39.1 Å². The number of halogens is 2. The number of hydrogen-bond donors (Lipinski definition) is 1. The molecule has 10 heteroatoms. The summed E-state index contributed by atoms with van der Waals surface area (Å²) in [5.74, 6) is -1.80. The minimum absolute atomic E-state index is 0.0259. The van der Waals surface area contributed by atoms with Crippen LogP contribution in [-0.2, 0) is 26.2 Å². The van der Waals surface area contributed by atoms with Crippen LogP contribution in [0.15, 0.2) is 77.7 Å². The lowest BCUT2D eigenvalue weighted by molar-refractivity contribution is -0.140. The third kappa shape index (κ3) is 7.61. The smallest absolute Gasteiger partial charge is 0.264 e. The zero-order valence-corrected chi connectivity index (χ0v) is 24.7. The normalized spacial score (nSPS) is 12.8. The Kier molecular flexibility index (Phi) is 10.7. The van der Waals surface area contributed by atoms with Crippen LogP contribution in [0.2, 0.25) is 5.02 Å². The van der Waals surface area contributed by atoms with Gasteiger partial charge in [-0.2, -0.15) is 0 Å². The van der Waals surface area contributed by atoms with Crippen molar-refractivity contribution < 1.29 is 22.4 Å². The first-order valence-corrected chi connectivity index (χ1v) is 15.0. The summed E-state index contributed by atoms with van der Waals surface area (Å²) >= 11 is 6.04. The van der Waals surface area contributed by atoms with Crippen molar-refractivity contribution in [3.05, 3.63) is 94.8 Å². The molecule has 3 aromatic carbocycles. The number of carbonyl (C=O) groups is 2. The molecule has 40 heavy (non-hydrogen) atoms. The highest BCUT2D eigenvalue weighted by molar-refractivity contribution is 7.92. The fraction of sp³-hybridized carbons (Fsp3) is 0.333. The zero-order chi connectivity index (χ0) is 29.4. The number of para-hydroxylation sites is 1. The maximum atomic E-state index is 15.0. The Morgan fingerprint density at radius 1 is 0.950 bits per heavy atom. The lowest BCUT2D eigenvalue weighted by Gasteiger charge is -2.33. The van der Waals surface area contributed by atoms with Gasteiger partial charge in [0.05, 0.1) is 10.6 Å². The number of nitrogens with one attached hydrogen (secondary N) is 1. The summed E-state index contributed by atoms with van der Waals surface area (Å²) in [4.78, 5) is 28.5. The maximum Gasteiger partial charge on any atom is 0.264 e. The summed E-state index contributed by atoms with van der Waals surface area (Å²) in [5.41, 5.74) is 1.28. The van der Waals surface area contributed by atoms with Crippen LogP contribution >= 0.6 is 11.6 Å². The molecule has 3 rings (SSSR count). The molecule has 0 fully saturated rings. The number of benzene rings is 3. The van der Waals surface area contributed by atoms with Gasteiger partial charge in [-0.05, 0) is 68.7 Å². The minimum atomic E-state index is -4.35. The first-order chi connectivity index (χ1) is 19.0. The van der Waals surface area contributed by atoms with E-state index in [4.69, 9.17) is 11.6 Å². The number of sulfonamides is 1. The quantitative estimate of drug-likeness (QED) is 0.294. The molecule has 0 radical (unpaired) electrons. The minimum Gasteiger partial charge on any atom is -0.352 e. The molecular weight excluding hydrogens is 553 g/mol. The number of aryl methyl sites for hydroxylation is 1. The van der Waals surface area contributed by atoms with Gasteiger partial charge in [-0.1, -0.05) is 67.4 Å². The molecule has 0 aliphatic heterocycles. The van der Waals surface area contributed by atoms with Crippen LogP contribution in [0.4, 0.5) is 10.1 Å². The summed E-state index contributed by atoms with van der Waals surface area (Å²) < 4.78 is 43.4. The second-order valence-corrected chi connectivity index (χ2v) is 12.0. The third-order valence-electron chi connectivity index (χ3n) is 6.66. The predicted molar refractivity (Wildman–Crippen MR) is 156 cm³/mol. The van der Waals surface area contributed by atoms with E-state index in [9.17, 15) is 18.0 Å². The average molecular weight is 588 g/mol. The molecule has 7 nitrogen and oxygen atoms in total. The van der Waals surface area contributed by atoms with Gasteiger partial charge in [0.15, 0.2) is 0 Å². The second-order valence-electron chi connectivity index (χ2n) is 9.67. The lowest BCUT2D eigenvalue weighted by atomic mass is 10.1. The van der Waals surface area contributed by atoms with Crippen molar-refractivity contribution in [2.75, 3.05) is 10.8 Å². The third-order valence-corrected chi connectivity index (χ3v) is 8.69. The van der Waals surface area contributed by atoms with Crippen LogP contribution in [-0.4, -0.2) is 43.8 Å². The van der Waals surface area contributed by atoms with E-state index in [0.29, 0.717) is 17.0 Å². The Morgan fingerprint density at radius 2 is 1.57 bits per heavy atom. The Hall–Kier alpha value is -3.43. The topological polar surface area (TPSA) is 86.8 Å². The Balaban J connectivity index is 2.06. The molecule has 2 atom stereocenters. The van der Waals surface area contributed by atoms with Gasteiger partial charge in [0.1, 0.15) is 18.4 Å². The van der Waals surface area contributed by atoms with Crippen LogP contribution in [0.25, 0.3) is 0 Å². The molecule has 2 amide bonds. The average Bonchev–Trinajstić information content (AvgIpc) is 2.93. The van der Waals surface area contributed by atoms with E-state index < -0.39 is 34.3 Å². The van der Waals surface area contributed by atoms with Gasteiger partial charge >= 0.3 is 0 Å². The van der Waals surface area contributed by atoms with Crippen LogP contribution in [0.5, 0.6) is 0 Å². The van der Waals surface area contributed by atoms with Crippen LogP contribution < -0.4 is 9.62 Å².